The summed E-state index contributed by atoms with van der Waals surface area (Å²) >= 11 is 1.86. The molecule has 0 unspecified atom stereocenters. The van der Waals surface area contributed by atoms with Crippen molar-refractivity contribution in [2.75, 3.05) is 0 Å². The van der Waals surface area contributed by atoms with Crippen LogP contribution < -0.4 is 0 Å². The quantitative estimate of drug-likeness (QED) is 0.158. The molecule has 0 saturated heterocycles. The fourth-order valence-electron chi connectivity index (χ4n) is 11.0. The van der Waals surface area contributed by atoms with Crippen LogP contribution in [0.5, 0.6) is 0 Å². The second-order valence-corrected chi connectivity index (χ2v) is 22.7. The number of pyridine rings is 7. The van der Waals surface area contributed by atoms with Gasteiger partial charge in [-0.2, -0.15) is 0 Å². The fourth-order valence-corrected chi connectivity index (χ4v) is 12.1. The Morgan fingerprint density at radius 3 is 1.13 bits per heavy atom. The Balaban J connectivity index is 0.000000168. The first-order valence-corrected chi connectivity index (χ1v) is 37.5. The maximum atomic E-state index is 5.65. The summed E-state index contributed by atoms with van der Waals surface area (Å²) in [5, 5.41) is 13.4. The monoisotopic (exact) mass is 1400 g/mol. The molecule has 0 bridgehead atoms. The van der Waals surface area contributed by atoms with Gasteiger partial charge in [-0.15, -0.1) is 11.3 Å². The lowest BCUT2D eigenvalue weighted by atomic mass is 10.1. The molecule has 8 nitrogen and oxygen atoms in total. The molecule has 0 saturated carbocycles. The average molecular weight is 1400 g/mol. The number of aromatic nitrogens is 7. The van der Waals surface area contributed by atoms with Gasteiger partial charge in [-0.05, 0) is 108 Å². The van der Waals surface area contributed by atoms with Crippen molar-refractivity contribution >= 4 is 119 Å². The highest BCUT2D eigenvalue weighted by atomic mass is 32.1. The Morgan fingerprint density at radius 1 is 0.257 bits per heavy atom. The molecule has 0 aliphatic rings. The maximum Gasteiger partial charge on any atom is 0.135 e. The van der Waals surface area contributed by atoms with Gasteiger partial charge in [0.05, 0.1) is 39.0 Å². The highest BCUT2D eigenvalue weighted by Gasteiger charge is 2.07. The minimum Gasteiger partial charge on any atom is -0.456 e. The zero-order valence-corrected chi connectivity index (χ0v) is 63.7. The Bertz CT molecular complexity index is 5130. The van der Waals surface area contributed by atoms with Gasteiger partial charge in [0.2, 0.25) is 0 Å². The Hall–Kier alpha value is -12.2. The summed E-state index contributed by atoms with van der Waals surface area (Å²) in [5.41, 5.74) is 12.5. The number of furan rings is 1. The molecule has 105 heavy (non-hydrogen) atoms. The third kappa shape index (κ3) is 22.2. The lowest BCUT2D eigenvalue weighted by Crippen LogP contribution is -1.87. The summed E-state index contributed by atoms with van der Waals surface area (Å²) in [7, 11) is 0. The zero-order valence-electron chi connectivity index (χ0n) is 62.9. The third-order valence-corrected chi connectivity index (χ3v) is 16.7. The molecule has 19 rings (SSSR count). The van der Waals surface area contributed by atoms with E-state index >= 15 is 0 Å². The van der Waals surface area contributed by atoms with Crippen LogP contribution in [0.25, 0.3) is 130 Å². The third-order valence-electron chi connectivity index (χ3n) is 15.5. The van der Waals surface area contributed by atoms with Crippen LogP contribution in [0.2, 0.25) is 0 Å². The second kappa shape index (κ2) is 44.9. The van der Waals surface area contributed by atoms with Gasteiger partial charge in [0.1, 0.15) is 11.2 Å². The molecule has 9 heterocycles. The minimum absolute atomic E-state index is 0.962. The maximum absolute atomic E-state index is 5.65. The number of rotatable bonds is 2. The number of hydrogen-bond acceptors (Lipinski definition) is 9. The van der Waals surface area contributed by atoms with E-state index in [0.717, 1.165) is 77.4 Å². The molecule has 0 fully saturated rings. The predicted molar refractivity (Wildman–Crippen MR) is 459 cm³/mol. The van der Waals surface area contributed by atoms with Crippen molar-refractivity contribution in [2.24, 2.45) is 0 Å². The minimum atomic E-state index is 0.962. The van der Waals surface area contributed by atoms with E-state index in [0.29, 0.717) is 0 Å². The lowest BCUT2D eigenvalue weighted by molar-refractivity contribution is 0.669. The van der Waals surface area contributed by atoms with Crippen LogP contribution in [-0.2, 0) is 0 Å². The number of hydrogen-bond donors (Lipinski definition) is 0. The topological polar surface area (TPSA) is 103 Å². The first kappa shape index (κ1) is 80.1. The van der Waals surface area contributed by atoms with Crippen molar-refractivity contribution in [3.05, 3.63) is 358 Å². The largest absolute Gasteiger partial charge is 0.456 e. The average Bonchev–Trinajstić information content (AvgIpc) is 1.59. The van der Waals surface area contributed by atoms with E-state index in [-0.39, 0.29) is 0 Å². The molecule has 0 N–H and O–H groups in total. The highest BCUT2D eigenvalue weighted by Crippen LogP contribution is 2.34. The van der Waals surface area contributed by atoms with Crippen LogP contribution in [0.1, 0.15) is 88.6 Å². The standard InChI is InChI=1S/C17H13N.C13H10N2.C12H8N2.C12H8O.C12H8S.2C9H7N.6C2H6/c1-3-8-14(9-4-1)16-12-7-13-17(18-16)15-10-5-2-6-11-15;1-9-8-10-4-2-6-14-12(10)13-11(9)5-3-7-15-13;1-3-9-5-6-10-4-2-8-14-12(10)11(9)13-7-1;2*1-3-7-11-9(5-1)10-6-2-4-8-12(10)13-11;1-2-6-9-8(4-1)5-3-7-10-9;1-2-4-9-7-10-6-5-8(9)3-1;6*1-2/h1-13H;2-8H,1H3;1-8H;2*1-8H;2*1-7H;6*1-2H3. The number of aryl methyl sites for hydroxylation is 1. The summed E-state index contributed by atoms with van der Waals surface area (Å²) in [4.78, 5) is 30.4. The van der Waals surface area contributed by atoms with E-state index < -0.39 is 0 Å². The van der Waals surface area contributed by atoms with E-state index in [4.69, 9.17) is 9.40 Å². The number of para-hydroxylation sites is 3. The second-order valence-electron chi connectivity index (χ2n) is 21.6. The Kier molecular flexibility index (Phi) is 34.3. The molecule has 9 heteroatoms. The van der Waals surface area contributed by atoms with Crippen LogP contribution in [-0.4, -0.2) is 34.9 Å². The molecule has 0 radical (unpaired) electrons. The molecule has 0 aliphatic carbocycles. The predicted octanol–water partition coefficient (Wildman–Crippen LogP) is 28.6. The normalized spacial score (nSPS) is 9.76. The van der Waals surface area contributed by atoms with Crippen molar-refractivity contribution in [1.29, 1.82) is 0 Å². The Morgan fingerprint density at radius 2 is 0.629 bits per heavy atom. The summed E-state index contributed by atoms with van der Waals surface area (Å²) in [6.07, 6.45) is 12.7. The molecule has 0 amide bonds. The Labute approximate surface area is 624 Å². The van der Waals surface area contributed by atoms with E-state index in [1.165, 1.54) is 58.1 Å². The van der Waals surface area contributed by atoms with Crippen molar-refractivity contribution in [3.8, 4) is 22.5 Å². The van der Waals surface area contributed by atoms with Gasteiger partial charge in [-0.1, -0.05) is 308 Å². The van der Waals surface area contributed by atoms with Gasteiger partial charge in [-0.3, -0.25) is 29.9 Å². The van der Waals surface area contributed by atoms with Gasteiger partial charge in [0.15, 0.2) is 0 Å². The summed E-state index contributed by atoms with van der Waals surface area (Å²) < 4.78 is 8.41. The van der Waals surface area contributed by atoms with Gasteiger partial charge in [0.25, 0.3) is 0 Å². The van der Waals surface area contributed by atoms with Crippen LogP contribution in [0, 0.1) is 6.92 Å². The van der Waals surface area contributed by atoms with E-state index in [2.05, 4.69) is 195 Å². The van der Waals surface area contributed by atoms with Crippen molar-refractivity contribution < 1.29 is 4.42 Å². The zero-order chi connectivity index (χ0) is 74.8. The summed E-state index contributed by atoms with van der Waals surface area (Å²) in [6, 6.07) is 105. The summed E-state index contributed by atoms with van der Waals surface area (Å²) in [6.45, 7) is 26.1. The molecular weight excluding hydrogens is 1300 g/mol. The van der Waals surface area contributed by atoms with Crippen LogP contribution in [0.15, 0.2) is 357 Å². The van der Waals surface area contributed by atoms with Crippen LogP contribution >= 0.6 is 11.3 Å². The molecule has 19 aromatic rings. The molecule has 0 aliphatic heterocycles. The van der Waals surface area contributed by atoms with Crippen LogP contribution in [0.4, 0.5) is 0 Å². The first-order valence-electron chi connectivity index (χ1n) is 36.6. The molecule has 0 spiro atoms. The highest BCUT2D eigenvalue weighted by molar-refractivity contribution is 7.25. The SMILES string of the molecule is CC.CC.CC.CC.CC.CC.Cc1cc2cccnc2c2ncccc12.c1ccc(-c2cccc(-c3ccccc3)n2)cc1.c1ccc2c(c1)oc1ccccc12.c1ccc2c(c1)sc1ccccc12.c1ccc2cnccc2c1.c1ccc2ncccc2c1.c1cnc2c(c1)ccc1cccnc12. The fraction of sp³-hybridized carbons (Fsp3) is 0.135. The molecule has 10 aromatic carbocycles. The van der Waals surface area contributed by atoms with E-state index in [1.807, 2.05) is 277 Å². The molecule has 9 aromatic heterocycles. The van der Waals surface area contributed by atoms with Gasteiger partial charge < -0.3 is 4.42 Å². The van der Waals surface area contributed by atoms with Gasteiger partial charge in [0, 0.05) is 112 Å². The molecular formula is C96H97N7OS. The van der Waals surface area contributed by atoms with E-state index in [1.54, 1.807) is 12.4 Å². The number of benzene rings is 10. The number of nitrogens with zero attached hydrogens (tertiary/aromatic N) is 7. The van der Waals surface area contributed by atoms with E-state index in [9.17, 15) is 0 Å². The number of thiophene rings is 1. The van der Waals surface area contributed by atoms with Gasteiger partial charge >= 0.3 is 0 Å². The number of fused-ring (bicyclic) bond motifs is 14. The first-order chi connectivity index (χ1) is 52.1. The molecule has 0 atom stereocenters. The lowest BCUT2D eigenvalue weighted by Gasteiger charge is -2.04. The van der Waals surface area contributed by atoms with Crippen LogP contribution in [0.3, 0.4) is 0 Å². The van der Waals surface area contributed by atoms with Crippen molar-refractivity contribution in [1.82, 2.24) is 34.9 Å². The van der Waals surface area contributed by atoms with Gasteiger partial charge in [-0.25, -0.2) is 4.98 Å². The van der Waals surface area contributed by atoms with Crippen molar-refractivity contribution in [3.63, 3.8) is 0 Å². The smallest absolute Gasteiger partial charge is 0.135 e. The summed E-state index contributed by atoms with van der Waals surface area (Å²) in [5.74, 6) is 0. The van der Waals surface area contributed by atoms with Crippen molar-refractivity contribution in [2.45, 2.75) is 90.0 Å². The molecule has 528 valence electrons.